The molecule has 0 spiro atoms. The summed E-state index contributed by atoms with van der Waals surface area (Å²) >= 11 is 0. The van der Waals surface area contributed by atoms with Gasteiger partial charge < -0.3 is 15.3 Å². The van der Waals surface area contributed by atoms with Crippen LogP contribution in [0.3, 0.4) is 0 Å². The van der Waals surface area contributed by atoms with Crippen molar-refractivity contribution >= 4 is 11.8 Å². The molecule has 0 aromatic heterocycles. The number of nitrogens with one attached hydrogen (secondary N) is 1. The predicted octanol–water partition coefficient (Wildman–Crippen LogP) is 1.60. The zero-order valence-corrected chi connectivity index (χ0v) is 12.3. The number of amides is 2. The van der Waals surface area contributed by atoms with E-state index in [4.69, 9.17) is 5.11 Å². The summed E-state index contributed by atoms with van der Waals surface area (Å²) in [5.74, 6) is -2.40. The summed E-state index contributed by atoms with van der Waals surface area (Å²) in [6, 6.07) is 5.34. The number of hydrogen-bond acceptors (Lipinski definition) is 3. The molecule has 126 valence electrons. The van der Waals surface area contributed by atoms with E-state index in [1.54, 1.807) is 12.1 Å². The Bertz CT molecular complexity index is 572. The molecule has 1 aliphatic heterocycles. The van der Waals surface area contributed by atoms with E-state index in [1.165, 1.54) is 12.1 Å². The molecule has 1 aromatic rings. The Balaban J connectivity index is 1.87. The molecular weight excluding hydrogens is 313 g/mol. The van der Waals surface area contributed by atoms with Crippen LogP contribution in [0, 0.1) is 0 Å². The van der Waals surface area contributed by atoms with Crippen LogP contribution in [0.2, 0.25) is 0 Å². The van der Waals surface area contributed by atoms with Crippen LogP contribution in [0.1, 0.15) is 18.4 Å². The highest BCUT2D eigenvalue weighted by Crippen LogP contribution is 2.25. The van der Waals surface area contributed by atoms with Gasteiger partial charge in [-0.2, -0.15) is 13.2 Å². The van der Waals surface area contributed by atoms with Gasteiger partial charge in [0.2, 0.25) is 5.91 Å². The van der Waals surface area contributed by atoms with Gasteiger partial charge in [0.1, 0.15) is 11.8 Å². The van der Waals surface area contributed by atoms with Gasteiger partial charge in [0.15, 0.2) is 0 Å². The number of carbonyl (C=O) groups excluding carboxylic acids is 2. The minimum absolute atomic E-state index is 0.0611. The fourth-order valence-corrected chi connectivity index (χ4v) is 2.56. The molecule has 1 atom stereocenters. The highest BCUT2D eigenvalue weighted by atomic mass is 19.4. The Morgan fingerprint density at radius 1 is 1.26 bits per heavy atom. The number of phenolic OH excluding ortho intramolecular Hbond substituents is 1. The average molecular weight is 330 g/mol. The van der Waals surface area contributed by atoms with Gasteiger partial charge in [-0.1, -0.05) is 12.1 Å². The van der Waals surface area contributed by atoms with Crippen LogP contribution < -0.4 is 5.32 Å². The average Bonchev–Trinajstić information content (AvgIpc) is 2.96. The van der Waals surface area contributed by atoms with E-state index in [0.717, 1.165) is 5.56 Å². The van der Waals surface area contributed by atoms with E-state index in [2.05, 4.69) is 5.32 Å². The summed E-state index contributed by atoms with van der Waals surface area (Å²) in [5.41, 5.74) is 0.873. The second-order valence-corrected chi connectivity index (χ2v) is 5.36. The van der Waals surface area contributed by atoms with E-state index < -0.39 is 24.0 Å². The van der Waals surface area contributed by atoms with E-state index in [-0.39, 0.29) is 25.3 Å². The molecule has 1 aromatic carbocycles. The van der Waals surface area contributed by atoms with E-state index in [9.17, 15) is 22.8 Å². The lowest BCUT2D eigenvalue weighted by atomic mass is 10.1. The Morgan fingerprint density at radius 2 is 1.91 bits per heavy atom. The normalized spacial score (nSPS) is 18.0. The second-order valence-electron chi connectivity index (χ2n) is 5.36. The topological polar surface area (TPSA) is 69.6 Å². The van der Waals surface area contributed by atoms with E-state index in [0.29, 0.717) is 17.7 Å². The van der Waals surface area contributed by atoms with Gasteiger partial charge in [-0.05, 0) is 37.0 Å². The maximum absolute atomic E-state index is 12.5. The van der Waals surface area contributed by atoms with Gasteiger partial charge >= 0.3 is 12.1 Å². The van der Waals surface area contributed by atoms with Crippen LogP contribution in [0.4, 0.5) is 13.2 Å². The van der Waals surface area contributed by atoms with Crippen LogP contribution in [0.5, 0.6) is 5.75 Å². The smallest absolute Gasteiger partial charge is 0.471 e. The molecule has 2 amide bonds. The Morgan fingerprint density at radius 3 is 2.52 bits per heavy atom. The maximum atomic E-state index is 12.5. The number of rotatable bonds is 4. The van der Waals surface area contributed by atoms with E-state index in [1.807, 2.05) is 0 Å². The fraction of sp³-hybridized carbons (Fsp3) is 0.467. The minimum Gasteiger partial charge on any atom is -0.508 e. The zero-order chi connectivity index (χ0) is 17.0. The number of nitrogens with zero attached hydrogens (tertiary/aromatic N) is 1. The summed E-state index contributed by atoms with van der Waals surface area (Å²) < 4.78 is 37.5. The Kier molecular flexibility index (Phi) is 5.12. The molecule has 1 aliphatic rings. The number of phenols is 1. The van der Waals surface area contributed by atoms with Gasteiger partial charge in [-0.15, -0.1) is 0 Å². The summed E-state index contributed by atoms with van der Waals surface area (Å²) in [6.07, 6.45) is -3.88. The van der Waals surface area contributed by atoms with Gasteiger partial charge in [0, 0.05) is 13.1 Å². The lowest BCUT2D eigenvalue weighted by Crippen LogP contribution is -2.50. The first-order chi connectivity index (χ1) is 10.8. The number of alkyl halides is 3. The van der Waals surface area contributed by atoms with Crippen molar-refractivity contribution in [3.63, 3.8) is 0 Å². The van der Waals surface area contributed by atoms with Crippen LogP contribution in [0.15, 0.2) is 24.3 Å². The number of aromatic hydroxyl groups is 1. The van der Waals surface area contributed by atoms with Crippen molar-refractivity contribution in [2.24, 2.45) is 0 Å². The summed E-state index contributed by atoms with van der Waals surface area (Å²) in [5, 5.41) is 11.7. The molecule has 0 radical (unpaired) electrons. The monoisotopic (exact) mass is 330 g/mol. The van der Waals surface area contributed by atoms with Gasteiger partial charge in [-0.3, -0.25) is 9.59 Å². The summed E-state index contributed by atoms with van der Waals surface area (Å²) in [6.45, 7) is 0.183. The van der Waals surface area contributed by atoms with Crippen LogP contribution >= 0.6 is 0 Å². The van der Waals surface area contributed by atoms with Crippen molar-refractivity contribution in [3.8, 4) is 5.75 Å². The van der Waals surface area contributed by atoms with Gasteiger partial charge in [-0.25, -0.2) is 0 Å². The first kappa shape index (κ1) is 17.1. The molecule has 1 fully saturated rings. The van der Waals surface area contributed by atoms with Crippen LogP contribution in [-0.4, -0.2) is 47.1 Å². The third kappa shape index (κ3) is 4.37. The molecule has 1 heterocycles. The third-order valence-electron chi connectivity index (χ3n) is 3.71. The predicted molar refractivity (Wildman–Crippen MR) is 75.6 cm³/mol. The summed E-state index contributed by atoms with van der Waals surface area (Å²) in [7, 11) is 0. The fourth-order valence-electron chi connectivity index (χ4n) is 2.56. The largest absolute Gasteiger partial charge is 0.508 e. The lowest BCUT2D eigenvalue weighted by Gasteiger charge is -2.24. The zero-order valence-electron chi connectivity index (χ0n) is 12.3. The number of halogens is 3. The Hall–Kier alpha value is -2.25. The molecule has 0 aliphatic carbocycles. The minimum atomic E-state index is -4.96. The summed E-state index contributed by atoms with van der Waals surface area (Å²) in [4.78, 5) is 23.9. The van der Waals surface area contributed by atoms with Crippen molar-refractivity contribution < 1.29 is 27.9 Å². The quantitative estimate of drug-likeness (QED) is 0.881. The van der Waals surface area contributed by atoms with Crippen LogP contribution in [-0.2, 0) is 16.0 Å². The van der Waals surface area contributed by atoms with Crippen LogP contribution in [0.25, 0.3) is 0 Å². The van der Waals surface area contributed by atoms with Crippen molar-refractivity contribution in [2.45, 2.75) is 31.5 Å². The standard InChI is InChI=1S/C15H17F3N2O3/c16-15(17,18)14(23)20-9-1-2-12(20)13(22)19-8-7-10-3-5-11(21)6-4-10/h3-6,12,21H,1-2,7-9H2,(H,19,22). The molecule has 0 saturated carbocycles. The number of hydrogen-bond donors (Lipinski definition) is 2. The van der Waals surface area contributed by atoms with Crippen molar-refractivity contribution in [3.05, 3.63) is 29.8 Å². The van der Waals surface area contributed by atoms with Gasteiger partial charge in [0.25, 0.3) is 0 Å². The molecule has 2 rings (SSSR count). The Labute approximate surface area is 131 Å². The van der Waals surface area contributed by atoms with Gasteiger partial charge in [0.05, 0.1) is 0 Å². The maximum Gasteiger partial charge on any atom is 0.471 e. The lowest BCUT2D eigenvalue weighted by molar-refractivity contribution is -0.186. The molecule has 1 unspecified atom stereocenters. The highest BCUT2D eigenvalue weighted by Gasteiger charge is 2.47. The molecule has 2 N–H and O–H groups in total. The molecule has 0 bridgehead atoms. The van der Waals surface area contributed by atoms with Crippen molar-refractivity contribution in [1.29, 1.82) is 0 Å². The second kappa shape index (κ2) is 6.89. The first-order valence-corrected chi connectivity index (χ1v) is 7.22. The van der Waals surface area contributed by atoms with Crippen molar-refractivity contribution in [2.75, 3.05) is 13.1 Å². The third-order valence-corrected chi connectivity index (χ3v) is 3.71. The number of carbonyl (C=O) groups is 2. The van der Waals surface area contributed by atoms with Crippen molar-refractivity contribution in [1.82, 2.24) is 10.2 Å². The van der Waals surface area contributed by atoms with E-state index >= 15 is 0 Å². The number of benzene rings is 1. The number of likely N-dealkylation sites (tertiary alicyclic amines) is 1. The first-order valence-electron chi connectivity index (χ1n) is 7.22. The SMILES string of the molecule is O=C(NCCc1ccc(O)cc1)C1CCCN1C(=O)C(F)(F)F. The molecule has 8 heteroatoms. The molecule has 23 heavy (non-hydrogen) atoms. The molecule has 5 nitrogen and oxygen atoms in total. The molecular formula is C15H17F3N2O3. The highest BCUT2D eigenvalue weighted by molar-refractivity contribution is 5.90. The molecule has 1 saturated heterocycles.